The second kappa shape index (κ2) is 11.4. The molecule has 1 amide bonds. The van der Waals surface area contributed by atoms with Gasteiger partial charge in [-0.05, 0) is 61.7 Å². The molecule has 1 N–H and O–H groups in total. The molecular weight excluding hydrogens is 452 g/mol. The van der Waals surface area contributed by atoms with E-state index in [0.29, 0.717) is 12.1 Å². The van der Waals surface area contributed by atoms with Gasteiger partial charge in [0.05, 0.1) is 11.9 Å². The van der Waals surface area contributed by atoms with Crippen molar-refractivity contribution >= 4 is 39.1 Å². The topological polar surface area (TPSA) is 66.5 Å². The standard InChI is InChI=1S/C26H30N2O3S2/c1-20-11-14-23(15-12-20)28(33(3,30)31)17-7-10-26(29)27-25-16-13-22(18-21(25)2)19-32-24-8-5-4-6-9-24/h4-6,8-9,11-16,18H,7,10,17,19H2,1-3H3,(H,27,29). The molecule has 0 unspecified atom stereocenters. The lowest BCUT2D eigenvalue weighted by atomic mass is 10.1. The summed E-state index contributed by atoms with van der Waals surface area (Å²) in [6.45, 7) is 4.19. The Kier molecular flexibility index (Phi) is 8.58. The van der Waals surface area contributed by atoms with Crippen LogP contribution in [0.15, 0.2) is 77.7 Å². The SMILES string of the molecule is Cc1ccc(N(CCCC(=O)Nc2ccc(CSc3ccccc3)cc2C)S(C)(=O)=O)cc1. The maximum Gasteiger partial charge on any atom is 0.232 e. The summed E-state index contributed by atoms with van der Waals surface area (Å²) in [4.78, 5) is 13.7. The zero-order valence-electron chi connectivity index (χ0n) is 19.2. The fraction of sp³-hybridized carbons (Fsp3) is 0.269. The van der Waals surface area contributed by atoms with Crippen LogP contribution in [0.25, 0.3) is 0 Å². The number of nitrogens with one attached hydrogen (secondary N) is 1. The van der Waals surface area contributed by atoms with Crippen molar-refractivity contribution in [2.75, 3.05) is 22.4 Å². The molecule has 174 valence electrons. The van der Waals surface area contributed by atoms with E-state index in [-0.39, 0.29) is 18.9 Å². The van der Waals surface area contributed by atoms with Crippen LogP contribution >= 0.6 is 11.8 Å². The number of nitrogens with zero attached hydrogens (tertiary/aromatic N) is 1. The van der Waals surface area contributed by atoms with Gasteiger partial charge in [0.2, 0.25) is 15.9 Å². The Bertz CT molecular complexity index is 1180. The molecule has 0 atom stereocenters. The third-order valence-corrected chi connectivity index (χ3v) is 7.48. The Hall–Kier alpha value is -2.77. The average Bonchev–Trinajstić information content (AvgIpc) is 2.78. The van der Waals surface area contributed by atoms with E-state index in [2.05, 4.69) is 23.5 Å². The lowest BCUT2D eigenvalue weighted by molar-refractivity contribution is -0.116. The van der Waals surface area contributed by atoms with Crippen LogP contribution in [0.3, 0.4) is 0 Å². The van der Waals surface area contributed by atoms with Gasteiger partial charge < -0.3 is 5.32 Å². The highest BCUT2D eigenvalue weighted by atomic mass is 32.2. The molecule has 0 aliphatic rings. The smallest absolute Gasteiger partial charge is 0.232 e. The Labute approximate surface area is 201 Å². The number of rotatable bonds is 10. The Morgan fingerprint density at radius 2 is 1.67 bits per heavy atom. The molecule has 3 rings (SSSR count). The summed E-state index contributed by atoms with van der Waals surface area (Å²) in [6, 6.07) is 23.6. The molecule has 3 aromatic carbocycles. The Morgan fingerprint density at radius 1 is 0.970 bits per heavy atom. The van der Waals surface area contributed by atoms with E-state index in [1.54, 1.807) is 23.9 Å². The quantitative estimate of drug-likeness (QED) is 0.372. The first-order valence-corrected chi connectivity index (χ1v) is 13.7. The van der Waals surface area contributed by atoms with E-state index in [9.17, 15) is 13.2 Å². The number of thioether (sulfide) groups is 1. The molecule has 0 aliphatic heterocycles. The van der Waals surface area contributed by atoms with E-state index < -0.39 is 10.0 Å². The van der Waals surface area contributed by atoms with E-state index in [1.807, 2.05) is 56.3 Å². The molecule has 0 saturated heterocycles. The van der Waals surface area contributed by atoms with Crippen LogP contribution in [-0.2, 0) is 20.6 Å². The number of carbonyl (C=O) groups excluding carboxylic acids is 1. The fourth-order valence-corrected chi connectivity index (χ4v) is 5.26. The summed E-state index contributed by atoms with van der Waals surface area (Å²) in [5.74, 6) is 0.737. The van der Waals surface area contributed by atoms with Gasteiger partial charge in [0.1, 0.15) is 0 Å². The summed E-state index contributed by atoms with van der Waals surface area (Å²) in [6.07, 6.45) is 1.86. The van der Waals surface area contributed by atoms with Crippen molar-refractivity contribution in [2.24, 2.45) is 0 Å². The highest BCUT2D eigenvalue weighted by Crippen LogP contribution is 2.25. The minimum atomic E-state index is -3.43. The molecule has 0 heterocycles. The highest BCUT2D eigenvalue weighted by Gasteiger charge is 2.17. The van der Waals surface area contributed by atoms with Gasteiger partial charge in [-0.2, -0.15) is 0 Å². The van der Waals surface area contributed by atoms with Crippen LogP contribution in [-0.4, -0.2) is 27.1 Å². The van der Waals surface area contributed by atoms with Gasteiger partial charge >= 0.3 is 0 Å². The Morgan fingerprint density at radius 3 is 2.30 bits per heavy atom. The molecule has 0 radical (unpaired) electrons. The number of hydrogen-bond acceptors (Lipinski definition) is 4. The van der Waals surface area contributed by atoms with Crippen molar-refractivity contribution in [3.8, 4) is 0 Å². The molecule has 7 heteroatoms. The molecule has 0 aliphatic carbocycles. The van der Waals surface area contributed by atoms with Gasteiger partial charge in [0.15, 0.2) is 0 Å². The molecule has 3 aromatic rings. The normalized spacial score (nSPS) is 11.2. The summed E-state index contributed by atoms with van der Waals surface area (Å²) in [5, 5.41) is 2.96. The molecule has 0 bridgehead atoms. The number of anilines is 2. The van der Waals surface area contributed by atoms with Crippen molar-refractivity contribution in [1.29, 1.82) is 0 Å². The lowest BCUT2D eigenvalue weighted by Crippen LogP contribution is -2.31. The first-order chi connectivity index (χ1) is 15.7. The molecule has 0 aromatic heterocycles. The molecule has 5 nitrogen and oxygen atoms in total. The van der Waals surface area contributed by atoms with Crippen molar-refractivity contribution in [3.63, 3.8) is 0 Å². The van der Waals surface area contributed by atoms with Crippen molar-refractivity contribution in [1.82, 2.24) is 0 Å². The van der Waals surface area contributed by atoms with Gasteiger partial charge in [0.25, 0.3) is 0 Å². The first-order valence-electron chi connectivity index (χ1n) is 10.8. The van der Waals surface area contributed by atoms with Gasteiger partial charge in [-0.3, -0.25) is 9.10 Å². The molecular formula is C26H30N2O3S2. The van der Waals surface area contributed by atoms with Gasteiger partial charge in [-0.25, -0.2) is 8.42 Å². The number of benzene rings is 3. The predicted molar refractivity (Wildman–Crippen MR) is 138 cm³/mol. The number of aryl methyl sites for hydroxylation is 2. The van der Waals surface area contributed by atoms with Crippen LogP contribution in [0, 0.1) is 13.8 Å². The second-order valence-electron chi connectivity index (χ2n) is 8.07. The fourth-order valence-electron chi connectivity index (χ4n) is 3.43. The first kappa shape index (κ1) is 24.9. The van der Waals surface area contributed by atoms with Crippen LogP contribution in [0.2, 0.25) is 0 Å². The molecule has 0 spiro atoms. The third kappa shape index (κ3) is 7.65. The summed E-state index contributed by atoms with van der Waals surface area (Å²) >= 11 is 1.78. The predicted octanol–water partition coefficient (Wildman–Crippen LogP) is 5.78. The third-order valence-electron chi connectivity index (χ3n) is 5.20. The van der Waals surface area contributed by atoms with Crippen LogP contribution < -0.4 is 9.62 Å². The molecule has 0 fully saturated rings. The molecule has 0 saturated carbocycles. The van der Waals surface area contributed by atoms with Crippen molar-refractivity contribution < 1.29 is 13.2 Å². The van der Waals surface area contributed by atoms with E-state index >= 15 is 0 Å². The largest absolute Gasteiger partial charge is 0.326 e. The van der Waals surface area contributed by atoms with Crippen LogP contribution in [0.4, 0.5) is 11.4 Å². The van der Waals surface area contributed by atoms with Crippen molar-refractivity contribution in [3.05, 3.63) is 89.5 Å². The van der Waals surface area contributed by atoms with E-state index in [0.717, 1.165) is 22.6 Å². The van der Waals surface area contributed by atoms with Crippen LogP contribution in [0.1, 0.15) is 29.5 Å². The second-order valence-corrected chi connectivity index (χ2v) is 11.0. The zero-order chi connectivity index (χ0) is 23.8. The van der Waals surface area contributed by atoms with Gasteiger partial charge in [-0.15, -0.1) is 11.8 Å². The zero-order valence-corrected chi connectivity index (χ0v) is 20.9. The average molecular weight is 483 g/mol. The molecule has 33 heavy (non-hydrogen) atoms. The Balaban J connectivity index is 1.52. The van der Waals surface area contributed by atoms with Crippen LogP contribution in [0.5, 0.6) is 0 Å². The highest BCUT2D eigenvalue weighted by molar-refractivity contribution is 7.98. The maximum absolute atomic E-state index is 12.5. The summed E-state index contributed by atoms with van der Waals surface area (Å²) in [7, 11) is -3.43. The number of carbonyl (C=O) groups is 1. The minimum Gasteiger partial charge on any atom is -0.326 e. The summed E-state index contributed by atoms with van der Waals surface area (Å²) in [5.41, 5.74) is 4.66. The number of amides is 1. The number of hydrogen-bond donors (Lipinski definition) is 1. The summed E-state index contributed by atoms with van der Waals surface area (Å²) < 4.78 is 25.8. The monoisotopic (exact) mass is 482 g/mol. The lowest BCUT2D eigenvalue weighted by Gasteiger charge is -2.22. The van der Waals surface area contributed by atoms with Gasteiger partial charge in [0, 0.05) is 29.3 Å². The van der Waals surface area contributed by atoms with Crippen molar-refractivity contribution in [2.45, 2.75) is 37.3 Å². The van der Waals surface area contributed by atoms with Gasteiger partial charge in [-0.1, -0.05) is 48.0 Å². The van der Waals surface area contributed by atoms with E-state index in [1.165, 1.54) is 21.0 Å². The van der Waals surface area contributed by atoms with E-state index in [4.69, 9.17) is 0 Å². The maximum atomic E-state index is 12.5. The number of sulfonamides is 1. The minimum absolute atomic E-state index is 0.123.